The highest BCUT2D eigenvalue weighted by atomic mass is 15.1. The van der Waals surface area contributed by atoms with Gasteiger partial charge in [-0.15, -0.1) is 0 Å². The first-order chi connectivity index (χ1) is 12.0. The number of hydrogen-bond acceptors (Lipinski definition) is 1. The molecule has 25 heavy (non-hydrogen) atoms. The van der Waals surface area contributed by atoms with Gasteiger partial charge in [-0.1, -0.05) is 69.3 Å². The van der Waals surface area contributed by atoms with Crippen LogP contribution in [-0.2, 0) is 6.54 Å². The van der Waals surface area contributed by atoms with Gasteiger partial charge in [0.25, 0.3) is 0 Å². The summed E-state index contributed by atoms with van der Waals surface area (Å²) in [7, 11) is 0. The maximum Gasteiger partial charge on any atom is 0.141 e. The number of rotatable bonds is 3. The van der Waals surface area contributed by atoms with Crippen molar-refractivity contribution in [1.29, 1.82) is 0 Å². The number of aromatic nitrogens is 2. The molecule has 0 aliphatic rings. The maximum absolute atomic E-state index is 4.75. The third-order valence-corrected chi connectivity index (χ3v) is 4.81. The Bertz CT molecular complexity index is 981. The van der Waals surface area contributed by atoms with E-state index in [2.05, 4.69) is 86.1 Å². The summed E-state index contributed by atoms with van der Waals surface area (Å²) in [6, 6.07) is 19.5. The molecule has 2 nitrogen and oxygen atoms in total. The zero-order valence-electron chi connectivity index (χ0n) is 15.2. The van der Waals surface area contributed by atoms with Crippen LogP contribution < -0.4 is 0 Å². The van der Waals surface area contributed by atoms with Crippen LogP contribution >= 0.6 is 0 Å². The first-order valence-electron chi connectivity index (χ1n) is 8.95. The van der Waals surface area contributed by atoms with E-state index in [0.717, 1.165) is 18.8 Å². The van der Waals surface area contributed by atoms with Gasteiger partial charge in [-0.3, -0.25) is 0 Å². The standard InChI is InChI=1S/C23H24N2/c1-23(2,3)12-14-25-15-13-24-22(25)21-19-10-6-4-8-17(19)16-18-9-5-7-11-20(18)21/h4-11,13,15-16H,12,14H2,1-3H3. The first kappa shape index (κ1) is 15.9. The van der Waals surface area contributed by atoms with E-state index in [1.54, 1.807) is 0 Å². The summed E-state index contributed by atoms with van der Waals surface area (Å²) in [6.45, 7) is 7.85. The number of fused-ring (bicyclic) bond motifs is 2. The molecule has 2 heteroatoms. The third kappa shape index (κ3) is 3.05. The van der Waals surface area contributed by atoms with E-state index in [-0.39, 0.29) is 0 Å². The molecule has 4 rings (SSSR count). The molecule has 0 atom stereocenters. The second-order valence-electron chi connectivity index (χ2n) is 7.95. The number of nitrogens with zero attached hydrogens (tertiary/aromatic N) is 2. The Balaban J connectivity index is 1.96. The summed E-state index contributed by atoms with van der Waals surface area (Å²) in [6.07, 6.45) is 5.16. The van der Waals surface area contributed by atoms with Gasteiger partial charge in [-0.25, -0.2) is 4.98 Å². The van der Waals surface area contributed by atoms with Gasteiger partial charge in [-0.05, 0) is 39.4 Å². The zero-order chi connectivity index (χ0) is 17.4. The Labute approximate surface area is 149 Å². The molecule has 1 heterocycles. The van der Waals surface area contributed by atoms with E-state index in [0.29, 0.717) is 5.41 Å². The molecule has 0 bridgehead atoms. The number of imidazole rings is 1. The molecule has 0 aliphatic heterocycles. The molecule has 126 valence electrons. The minimum Gasteiger partial charge on any atom is -0.331 e. The van der Waals surface area contributed by atoms with Gasteiger partial charge in [0.2, 0.25) is 0 Å². The Hall–Kier alpha value is -2.61. The molecule has 0 unspecified atom stereocenters. The first-order valence-corrected chi connectivity index (χ1v) is 8.95. The lowest BCUT2D eigenvalue weighted by molar-refractivity contribution is 0.351. The fourth-order valence-electron chi connectivity index (χ4n) is 3.43. The van der Waals surface area contributed by atoms with E-state index in [4.69, 9.17) is 4.98 Å². The molecule has 0 fully saturated rings. The van der Waals surface area contributed by atoms with Crippen molar-refractivity contribution in [2.24, 2.45) is 5.41 Å². The van der Waals surface area contributed by atoms with Crippen LogP contribution in [0.4, 0.5) is 0 Å². The highest BCUT2D eigenvalue weighted by Gasteiger charge is 2.16. The fraction of sp³-hybridized carbons (Fsp3) is 0.261. The lowest BCUT2D eigenvalue weighted by Crippen LogP contribution is -2.10. The van der Waals surface area contributed by atoms with Gasteiger partial charge in [0.15, 0.2) is 0 Å². The van der Waals surface area contributed by atoms with Crippen molar-refractivity contribution in [3.05, 3.63) is 67.0 Å². The van der Waals surface area contributed by atoms with E-state index in [9.17, 15) is 0 Å². The molecule has 0 spiro atoms. The molecule has 4 aromatic rings. The molecular weight excluding hydrogens is 304 g/mol. The average Bonchev–Trinajstić information content (AvgIpc) is 3.05. The van der Waals surface area contributed by atoms with Crippen LogP contribution in [0.3, 0.4) is 0 Å². The normalized spacial score (nSPS) is 12.1. The molecule has 0 saturated carbocycles. The molecule has 0 amide bonds. The SMILES string of the molecule is CC(C)(C)CCn1ccnc1-c1c2ccccc2cc2ccccc12. The second kappa shape index (κ2) is 6.03. The second-order valence-corrected chi connectivity index (χ2v) is 7.95. The van der Waals surface area contributed by atoms with Crippen molar-refractivity contribution in [2.45, 2.75) is 33.7 Å². The average molecular weight is 328 g/mol. The predicted molar refractivity (Wildman–Crippen MR) is 107 cm³/mol. The van der Waals surface area contributed by atoms with Gasteiger partial charge in [0.1, 0.15) is 5.82 Å². The molecule has 0 N–H and O–H groups in total. The lowest BCUT2D eigenvalue weighted by atomic mass is 9.92. The van der Waals surface area contributed by atoms with Crippen LogP contribution in [0.25, 0.3) is 32.9 Å². The summed E-state index contributed by atoms with van der Waals surface area (Å²) < 4.78 is 2.31. The number of hydrogen-bond donors (Lipinski definition) is 0. The summed E-state index contributed by atoms with van der Waals surface area (Å²) in [5.74, 6) is 1.07. The maximum atomic E-state index is 4.75. The van der Waals surface area contributed by atoms with Crippen molar-refractivity contribution in [3.8, 4) is 11.4 Å². The number of benzene rings is 3. The monoisotopic (exact) mass is 328 g/mol. The van der Waals surface area contributed by atoms with E-state index in [1.807, 2.05) is 6.20 Å². The Morgan fingerprint density at radius 2 is 1.48 bits per heavy atom. The lowest BCUT2D eigenvalue weighted by Gasteiger charge is -2.20. The summed E-state index contributed by atoms with van der Waals surface area (Å²) in [5, 5.41) is 5.07. The summed E-state index contributed by atoms with van der Waals surface area (Å²) >= 11 is 0. The van der Waals surface area contributed by atoms with Crippen LogP contribution in [0, 0.1) is 5.41 Å². The highest BCUT2D eigenvalue weighted by Crippen LogP contribution is 2.35. The van der Waals surface area contributed by atoms with E-state index < -0.39 is 0 Å². The summed E-state index contributed by atoms with van der Waals surface area (Å²) in [5.41, 5.74) is 1.55. The van der Waals surface area contributed by atoms with Crippen LogP contribution in [0.2, 0.25) is 0 Å². The molecule has 1 aromatic heterocycles. The fourth-order valence-corrected chi connectivity index (χ4v) is 3.43. The van der Waals surface area contributed by atoms with Crippen LogP contribution in [0.5, 0.6) is 0 Å². The quantitative estimate of drug-likeness (QED) is 0.404. The van der Waals surface area contributed by atoms with Crippen molar-refractivity contribution < 1.29 is 0 Å². The minimum absolute atomic E-state index is 0.308. The van der Waals surface area contributed by atoms with Crippen molar-refractivity contribution in [1.82, 2.24) is 9.55 Å². The molecule has 0 saturated heterocycles. The molecule has 0 radical (unpaired) electrons. The molecule has 0 aliphatic carbocycles. The van der Waals surface area contributed by atoms with E-state index >= 15 is 0 Å². The van der Waals surface area contributed by atoms with Gasteiger partial charge < -0.3 is 4.57 Å². The zero-order valence-corrected chi connectivity index (χ0v) is 15.2. The van der Waals surface area contributed by atoms with E-state index in [1.165, 1.54) is 27.1 Å². The highest BCUT2D eigenvalue weighted by molar-refractivity contribution is 6.11. The Kier molecular flexibility index (Phi) is 3.84. The van der Waals surface area contributed by atoms with Crippen LogP contribution in [0.1, 0.15) is 27.2 Å². The topological polar surface area (TPSA) is 17.8 Å². The summed E-state index contributed by atoms with van der Waals surface area (Å²) in [4.78, 5) is 4.75. The molecule has 3 aromatic carbocycles. The van der Waals surface area contributed by atoms with Gasteiger partial charge >= 0.3 is 0 Å². The predicted octanol–water partition coefficient (Wildman–Crippen LogP) is 6.29. The minimum atomic E-state index is 0.308. The van der Waals surface area contributed by atoms with Gasteiger partial charge in [0, 0.05) is 24.5 Å². The van der Waals surface area contributed by atoms with Crippen LogP contribution in [0.15, 0.2) is 67.0 Å². The van der Waals surface area contributed by atoms with Gasteiger partial charge in [0.05, 0.1) is 0 Å². The van der Waals surface area contributed by atoms with Crippen molar-refractivity contribution in [3.63, 3.8) is 0 Å². The largest absolute Gasteiger partial charge is 0.331 e. The smallest absolute Gasteiger partial charge is 0.141 e. The van der Waals surface area contributed by atoms with Crippen molar-refractivity contribution >= 4 is 21.5 Å². The van der Waals surface area contributed by atoms with Gasteiger partial charge in [-0.2, -0.15) is 0 Å². The van der Waals surface area contributed by atoms with Crippen molar-refractivity contribution in [2.75, 3.05) is 0 Å². The Morgan fingerprint density at radius 3 is 2.08 bits per heavy atom. The van der Waals surface area contributed by atoms with Crippen LogP contribution in [-0.4, -0.2) is 9.55 Å². The third-order valence-electron chi connectivity index (χ3n) is 4.81. The number of aryl methyl sites for hydroxylation is 1. The molecular formula is C23H24N2. The Morgan fingerprint density at radius 1 is 0.880 bits per heavy atom.